The van der Waals surface area contributed by atoms with Gasteiger partial charge in [-0.05, 0) is 6.07 Å². The molecule has 0 radical (unpaired) electrons. The summed E-state index contributed by atoms with van der Waals surface area (Å²) in [4.78, 5) is 35.4. The van der Waals surface area contributed by atoms with Gasteiger partial charge in [0.15, 0.2) is 0 Å². The van der Waals surface area contributed by atoms with Crippen molar-refractivity contribution < 1.29 is 14.5 Å². The molecule has 17 heavy (non-hydrogen) atoms. The Balaban J connectivity index is 3.02. The second-order valence-electron chi connectivity index (χ2n) is 2.92. The number of carbonyl (C=O) groups excluding carboxylic acids is 2. The first-order valence-corrected chi connectivity index (χ1v) is 4.66. The third-order valence-electron chi connectivity index (χ3n) is 1.64. The standard InChI is InChI=1S/C8H7ClN4O4/c1-4(14)11-12-8(15)5-2-7(9)10-3-6(5)13(16)17/h2-3H,1H3,(H,11,14)(H,12,15). The van der Waals surface area contributed by atoms with Crippen LogP contribution < -0.4 is 10.9 Å². The molecule has 0 spiro atoms. The van der Waals surface area contributed by atoms with Crippen LogP contribution in [0.1, 0.15) is 17.3 Å². The van der Waals surface area contributed by atoms with E-state index in [0.29, 0.717) is 0 Å². The molecule has 0 unspecified atom stereocenters. The van der Waals surface area contributed by atoms with E-state index < -0.39 is 22.4 Å². The second-order valence-corrected chi connectivity index (χ2v) is 3.30. The number of nitro groups is 1. The molecule has 0 aliphatic rings. The Bertz CT molecular complexity index is 490. The van der Waals surface area contributed by atoms with Crippen LogP contribution in [-0.2, 0) is 4.79 Å². The van der Waals surface area contributed by atoms with Crippen LogP contribution in [-0.4, -0.2) is 21.7 Å². The van der Waals surface area contributed by atoms with Crippen molar-refractivity contribution in [3.05, 3.63) is 33.1 Å². The summed E-state index contributed by atoms with van der Waals surface area (Å²) in [6.07, 6.45) is 0.866. The van der Waals surface area contributed by atoms with Crippen molar-refractivity contribution >= 4 is 29.1 Å². The predicted octanol–water partition coefficient (Wildman–Crippen LogP) is 0.424. The number of hydrogen-bond donors (Lipinski definition) is 2. The van der Waals surface area contributed by atoms with Gasteiger partial charge in [0, 0.05) is 6.92 Å². The summed E-state index contributed by atoms with van der Waals surface area (Å²) in [5.41, 5.74) is 3.21. The smallest absolute Gasteiger partial charge is 0.274 e. The Kier molecular flexibility index (Phi) is 3.94. The van der Waals surface area contributed by atoms with Crippen molar-refractivity contribution in [2.45, 2.75) is 6.92 Å². The van der Waals surface area contributed by atoms with Crippen LogP contribution in [0.15, 0.2) is 12.3 Å². The zero-order valence-electron chi connectivity index (χ0n) is 8.56. The molecule has 0 saturated heterocycles. The topological polar surface area (TPSA) is 114 Å². The molecule has 0 aromatic carbocycles. The fraction of sp³-hybridized carbons (Fsp3) is 0.125. The van der Waals surface area contributed by atoms with Crippen molar-refractivity contribution in [3.63, 3.8) is 0 Å². The van der Waals surface area contributed by atoms with Crippen LogP contribution in [0.25, 0.3) is 0 Å². The highest BCUT2D eigenvalue weighted by Crippen LogP contribution is 2.19. The first-order valence-electron chi connectivity index (χ1n) is 4.28. The summed E-state index contributed by atoms with van der Waals surface area (Å²) in [5, 5.41) is 10.6. The Morgan fingerprint density at radius 1 is 1.47 bits per heavy atom. The van der Waals surface area contributed by atoms with Crippen molar-refractivity contribution in [2.75, 3.05) is 0 Å². The van der Waals surface area contributed by atoms with E-state index in [0.717, 1.165) is 12.3 Å². The molecule has 2 amide bonds. The maximum atomic E-state index is 11.5. The Labute approximate surface area is 100 Å². The van der Waals surface area contributed by atoms with E-state index in [1.165, 1.54) is 6.92 Å². The first-order chi connectivity index (χ1) is 7.91. The summed E-state index contributed by atoms with van der Waals surface area (Å²) in [5.74, 6) is -1.36. The average molecular weight is 259 g/mol. The summed E-state index contributed by atoms with van der Waals surface area (Å²) in [6, 6.07) is 1.04. The van der Waals surface area contributed by atoms with Crippen LogP contribution in [0.3, 0.4) is 0 Å². The van der Waals surface area contributed by atoms with Crippen molar-refractivity contribution in [1.82, 2.24) is 15.8 Å². The minimum Gasteiger partial charge on any atom is -0.274 e. The molecule has 0 fully saturated rings. The normalized spacial score (nSPS) is 9.53. The van der Waals surface area contributed by atoms with Crippen molar-refractivity contribution in [1.29, 1.82) is 0 Å². The van der Waals surface area contributed by atoms with Crippen LogP contribution >= 0.6 is 11.6 Å². The molecule has 1 aromatic rings. The number of rotatable bonds is 2. The van der Waals surface area contributed by atoms with E-state index in [2.05, 4.69) is 4.98 Å². The van der Waals surface area contributed by atoms with E-state index in [1.807, 2.05) is 10.9 Å². The first kappa shape index (κ1) is 12.8. The largest absolute Gasteiger partial charge is 0.300 e. The van der Waals surface area contributed by atoms with Crippen molar-refractivity contribution in [3.8, 4) is 0 Å². The third kappa shape index (κ3) is 3.38. The fourth-order valence-corrected chi connectivity index (χ4v) is 1.12. The van der Waals surface area contributed by atoms with Gasteiger partial charge in [-0.15, -0.1) is 0 Å². The number of hydrogen-bond acceptors (Lipinski definition) is 5. The molecule has 90 valence electrons. The lowest BCUT2D eigenvalue weighted by atomic mass is 10.2. The molecule has 2 N–H and O–H groups in total. The SMILES string of the molecule is CC(=O)NNC(=O)c1cc(Cl)ncc1[N+](=O)[O-]. The van der Waals surface area contributed by atoms with E-state index >= 15 is 0 Å². The highest BCUT2D eigenvalue weighted by atomic mass is 35.5. The van der Waals surface area contributed by atoms with Crippen molar-refractivity contribution in [2.24, 2.45) is 0 Å². The van der Waals surface area contributed by atoms with Gasteiger partial charge in [-0.2, -0.15) is 0 Å². The lowest BCUT2D eigenvalue weighted by Crippen LogP contribution is -2.40. The number of carbonyl (C=O) groups is 2. The molecular formula is C8H7ClN4O4. The molecule has 1 rings (SSSR count). The molecule has 0 saturated carbocycles. The molecule has 0 atom stereocenters. The van der Waals surface area contributed by atoms with E-state index in [-0.39, 0.29) is 10.7 Å². The molecule has 0 bridgehead atoms. The molecule has 1 aromatic heterocycles. The number of amides is 2. The average Bonchev–Trinajstić information content (AvgIpc) is 2.25. The second kappa shape index (κ2) is 5.21. The zero-order valence-corrected chi connectivity index (χ0v) is 9.32. The fourth-order valence-electron chi connectivity index (χ4n) is 0.962. The van der Waals surface area contributed by atoms with Gasteiger partial charge in [0.1, 0.15) is 16.9 Å². The van der Waals surface area contributed by atoms with Gasteiger partial charge in [0.2, 0.25) is 5.91 Å². The van der Waals surface area contributed by atoms with E-state index in [9.17, 15) is 19.7 Å². The van der Waals surface area contributed by atoms with Gasteiger partial charge < -0.3 is 0 Å². The van der Waals surface area contributed by atoms with Gasteiger partial charge in [0.25, 0.3) is 11.6 Å². The number of hydrazine groups is 1. The van der Waals surface area contributed by atoms with Crippen LogP contribution in [0.4, 0.5) is 5.69 Å². The number of nitrogens with zero attached hydrogens (tertiary/aromatic N) is 2. The molecular weight excluding hydrogens is 252 g/mol. The molecule has 0 aliphatic carbocycles. The maximum Gasteiger partial charge on any atom is 0.300 e. The van der Waals surface area contributed by atoms with Gasteiger partial charge >= 0.3 is 0 Å². The number of pyridine rings is 1. The molecule has 0 aliphatic heterocycles. The summed E-state index contributed by atoms with van der Waals surface area (Å²) in [6.45, 7) is 1.17. The molecule has 9 heteroatoms. The maximum absolute atomic E-state index is 11.5. The van der Waals surface area contributed by atoms with Crippen LogP contribution in [0.5, 0.6) is 0 Å². The predicted molar refractivity (Wildman–Crippen MR) is 57.2 cm³/mol. The van der Waals surface area contributed by atoms with Gasteiger partial charge in [-0.3, -0.25) is 30.6 Å². The van der Waals surface area contributed by atoms with Crippen LogP contribution in [0, 0.1) is 10.1 Å². The Hall–Kier alpha value is -2.22. The highest BCUT2D eigenvalue weighted by Gasteiger charge is 2.21. The summed E-state index contributed by atoms with van der Waals surface area (Å²) < 4.78 is 0. The summed E-state index contributed by atoms with van der Waals surface area (Å²) >= 11 is 5.53. The Morgan fingerprint density at radius 3 is 2.65 bits per heavy atom. The monoisotopic (exact) mass is 258 g/mol. The highest BCUT2D eigenvalue weighted by molar-refractivity contribution is 6.29. The number of nitrogens with one attached hydrogen (secondary N) is 2. The summed E-state index contributed by atoms with van der Waals surface area (Å²) in [7, 11) is 0. The lowest BCUT2D eigenvalue weighted by molar-refractivity contribution is -0.385. The number of aromatic nitrogens is 1. The zero-order chi connectivity index (χ0) is 13.0. The molecule has 1 heterocycles. The van der Waals surface area contributed by atoms with E-state index in [4.69, 9.17) is 11.6 Å². The van der Waals surface area contributed by atoms with Gasteiger partial charge in [-0.25, -0.2) is 4.98 Å². The Morgan fingerprint density at radius 2 is 2.12 bits per heavy atom. The minimum absolute atomic E-state index is 0.0661. The quantitative estimate of drug-likeness (QED) is 0.453. The third-order valence-corrected chi connectivity index (χ3v) is 1.85. The van der Waals surface area contributed by atoms with E-state index in [1.54, 1.807) is 0 Å². The lowest BCUT2D eigenvalue weighted by Gasteiger charge is -2.05. The molecule has 8 nitrogen and oxygen atoms in total. The van der Waals surface area contributed by atoms with Gasteiger partial charge in [0.05, 0.1) is 4.92 Å². The van der Waals surface area contributed by atoms with Gasteiger partial charge in [-0.1, -0.05) is 11.6 Å². The minimum atomic E-state index is -0.851. The number of halogens is 1. The van der Waals surface area contributed by atoms with Crippen LogP contribution in [0.2, 0.25) is 5.15 Å².